The molecule has 0 aliphatic heterocycles. The summed E-state index contributed by atoms with van der Waals surface area (Å²) < 4.78 is 2.00. The average Bonchev–Trinajstić information content (AvgIpc) is 3.05. The molecule has 3 rings (SSSR count). The van der Waals surface area contributed by atoms with E-state index < -0.39 is 0 Å². The van der Waals surface area contributed by atoms with Crippen molar-refractivity contribution < 1.29 is 4.79 Å². The zero-order chi connectivity index (χ0) is 18.5. The maximum absolute atomic E-state index is 12.3. The number of amides is 1. The van der Waals surface area contributed by atoms with Crippen LogP contribution in [-0.4, -0.2) is 15.5 Å². The molecular weight excluding hydrogens is 369 g/mol. The monoisotopic (exact) mass is 387 g/mol. The van der Waals surface area contributed by atoms with Crippen molar-refractivity contribution in [1.82, 2.24) is 14.9 Å². The lowest BCUT2D eigenvalue weighted by atomic mass is 10.1. The minimum atomic E-state index is -0.0434. The Labute approximate surface area is 162 Å². The second kappa shape index (κ2) is 8.39. The summed E-state index contributed by atoms with van der Waals surface area (Å²) in [4.78, 5) is 16.5. The van der Waals surface area contributed by atoms with Gasteiger partial charge in [0.1, 0.15) is 5.82 Å². The zero-order valence-electron chi connectivity index (χ0n) is 14.4. The van der Waals surface area contributed by atoms with Crippen molar-refractivity contribution in [3.05, 3.63) is 81.9 Å². The number of imidazole rings is 1. The SMILES string of the molecule is Cc1nccn1-c1ccccc1CNC(=O)CCc1c(Cl)cccc1Cl. The minimum absolute atomic E-state index is 0.0434. The third-order valence-electron chi connectivity index (χ3n) is 4.22. The first-order chi connectivity index (χ1) is 12.6. The lowest BCUT2D eigenvalue weighted by Crippen LogP contribution is -2.23. The molecule has 3 aromatic rings. The van der Waals surface area contributed by atoms with E-state index in [2.05, 4.69) is 10.3 Å². The first-order valence-electron chi connectivity index (χ1n) is 8.34. The molecule has 0 radical (unpaired) electrons. The van der Waals surface area contributed by atoms with Crippen LogP contribution >= 0.6 is 23.2 Å². The largest absolute Gasteiger partial charge is 0.352 e. The summed E-state index contributed by atoms with van der Waals surface area (Å²) in [5.74, 6) is 0.857. The molecule has 0 unspecified atom stereocenters. The molecule has 2 aromatic carbocycles. The molecule has 0 saturated carbocycles. The molecule has 1 heterocycles. The molecule has 0 bridgehead atoms. The van der Waals surface area contributed by atoms with Gasteiger partial charge >= 0.3 is 0 Å². The summed E-state index contributed by atoms with van der Waals surface area (Å²) in [6.45, 7) is 2.39. The third kappa shape index (κ3) is 4.26. The van der Waals surface area contributed by atoms with Gasteiger partial charge in [-0.3, -0.25) is 4.79 Å². The van der Waals surface area contributed by atoms with Crippen molar-refractivity contribution in [3.63, 3.8) is 0 Å². The van der Waals surface area contributed by atoms with Crippen LogP contribution in [-0.2, 0) is 17.8 Å². The average molecular weight is 388 g/mol. The zero-order valence-corrected chi connectivity index (χ0v) is 15.9. The second-order valence-electron chi connectivity index (χ2n) is 5.95. The van der Waals surface area contributed by atoms with Crippen molar-refractivity contribution in [3.8, 4) is 5.69 Å². The highest BCUT2D eigenvalue weighted by Crippen LogP contribution is 2.25. The van der Waals surface area contributed by atoms with Gasteiger partial charge in [-0.15, -0.1) is 0 Å². The Bertz CT molecular complexity index is 901. The molecule has 0 aliphatic carbocycles. The van der Waals surface area contributed by atoms with Gasteiger partial charge in [0.15, 0.2) is 0 Å². The van der Waals surface area contributed by atoms with Crippen molar-refractivity contribution in [2.24, 2.45) is 0 Å². The second-order valence-corrected chi connectivity index (χ2v) is 6.76. The number of hydrogen-bond donors (Lipinski definition) is 1. The van der Waals surface area contributed by atoms with Crippen LogP contribution in [0, 0.1) is 6.92 Å². The van der Waals surface area contributed by atoms with E-state index in [1.54, 1.807) is 24.4 Å². The first-order valence-corrected chi connectivity index (χ1v) is 9.09. The van der Waals surface area contributed by atoms with Crippen LogP contribution in [0.2, 0.25) is 10.0 Å². The number of aromatic nitrogens is 2. The Kier molecular flexibility index (Phi) is 5.96. The van der Waals surface area contributed by atoms with Gasteiger partial charge in [0.05, 0.1) is 5.69 Å². The summed E-state index contributed by atoms with van der Waals surface area (Å²) in [5, 5.41) is 4.15. The number of carbonyl (C=O) groups is 1. The number of nitrogens with one attached hydrogen (secondary N) is 1. The maximum atomic E-state index is 12.3. The van der Waals surface area contributed by atoms with E-state index in [0.29, 0.717) is 29.4 Å². The molecule has 6 heteroatoms. The summed E-state index contributed by atoms with van der Waals surface area (Å²) >= 11 is 12.3. The highest BCUT2D eigenvalue weighted by atomic mass is 35.5. The molecule has 1 N–H and O–H groups in total. The van der Waals surface area contributed by atoms with Crippen LogP contribution < -0.4 is 5.32 Å². The Morgan fingerprint density at radius 2 is 1.85 bits per heavy atom. The highest BCUT2D eigenvalue weighted by Gasteiger charge is 2.10. The van der Waals surface area contributed by atoms with Crippen LogP contribution in [0.4, 0.5) is 0 Å². The van der Waals surface area contributed by atoms with E-state index in [0.717, 1.165) is 22.6 Å². The van der Waals surface area contributed by atoms with Gasteiger partial charge < -0.3 is 9.88 Å². The van der Waals surface area contributed by atoms with Gasteiger partial charge in [-0.2, -0.15) is 0 Å². The van der Waals surface area contributed by atoms with E-state index >= 15 is 0 Å². The van der Waals surface area contributed by atoms with Crippen LogP contribution in [0.5, 0.6) is 0 Å². The van der Waals surface area contributed by atoms with Crippen molar-refractivity contribution in [2.45, 2.75) is 26.3 Å². The normalized spacial score (nSPS) is 10.7. The summed E-state index contributed by atoms with van der Waals surface area (Å²) in [5.41, 5.74) is 2.84. The van der Waals surface area contributed by atoms with Crippen molar-refractivity contribution >= 4 is 29.1 Å². The number of para-hydroxylation sites is 1. The Morgan fingerprint density at radius 3 is 2.54 bits per heavy atom. The molecule has 26 heavy (non-hydrogen) atoms. The summed E-state index contributed by atoms with van der Waals surface area (Å²) in [6, 6.07) is 13.3. The van der Waals surface area contributed by atoms with E-state index in [1.807, 2.05) is 42.0 Å². The fourth-order valence-corrected chi connectivity index (χ4v) is 3.41. The van der Waals surface area contributed by atoms with Crippen molar-refractivity contribution in [1.29, 1.82) is 0 Å². The van der Waals surface area contributed by atoms with Gasteiger partial charge in [0, 0.05) is 35.4 Å². The van der Waals surface area contributed by atoms with Gasteiger partial charge in [-0.05, 0) is 42.7 Å². The van der Waals surface area contributed by atoms with E-state index in [1.165, 1.54) is 0 Å². The molecule has 1 amide bonds. The van der Waals surface area contributed by atoms with Crippen LogP contribution in [0.25, 0.3) is 5.69 Å². The lowest BCUT2D eigenvalue weighted by Gasteiger charge is -2.13. The van der Waals surface area contributed by atoms with Crippen LogP contribution in [0.1, 0.15) is 23.4 Å². The number of benzene rings is 2. The Hall–Kier alpha value is -2.30. The molecule has 0 fully saturated rings. The predicted octanol–water partition coefficient (Wildman–Crippen LogP) is 4.74. The van der Waals surface area contributed by atoms with Gasteiger partial charge in [-0.25, -0.2) is 4.98 Å². The van der Waals surface area contributed by atoms with Gasteiger partial charge in [-0.1, -0.05) is 47.5 Å². The number of carbonyl (C=O) groups excluding carboxylic acids is 1. The maximum Gasteiger partial charge on any atom is 0.220 e. The van der Waals surface area contributed by atoms with Gasteiger partial charge in [0.2, 0.25) is 5.91 Å². The predicted molar refractivity (Wildman–Crippen MR) is 105 cm³/mol. The third-order valence-corrected chi connectivity index (χ3v) is 4.92. The van der Waals surface area contributed by atoms with E-state index in [4.69, 9.17) is 23.2 Å². The molecule has 0 atom stereocenters. The van der Waals surface area contributed by atoms with Crippen LogP contribution in [0.15, 0.2) is 54.9 Å². The molecule has 0 spiro atoms. The quantitative estimate of drug-likeness (QED) is 0.663. The molecule has 1 aromatic heterocycles. The van der Waals surface area contributed by atoms with Gasteiger partial charge in [0.25, 0.3) is 0 Å². The number of rotatable bonds is 6. The Morgan fingerprint density at radius 1 is 1.12 bits per heavy atom. The number of nitrogens with zero attached hydrogens (tertiary/aromatic N) is 2. The smallest absolute Gasteiger partial charge is 0.220 e. The Balaban J connectivity index is 1.63. The van der Waals surface area contributed by atoms with Crippen LogP contribution in [0.3, 0.4) is 0 Å². The molecule has 4 nitrogen and oxygen atoms in total. The fraction of sp³-hybridized carbons (Fsp3) is 0.200. The summed E-state index contributed by atoms with van der Waals surface area (Å²) in [7, 11) is 0. The fourth-order valence-electron chi connectivity index (χ4n) is 2.82. The topological polar surface area (TPSA) is 46.9 Å². The molecule has 0 aliphatic rings. The minimum Gasteiger partial charge on any atom is -0.352 e. The van der Waals surface area contributed by atoms with E-state index in [-0.39, 0.29) is 5.91 Å². The standard InChI is InChI=1S/C20H19Cl2N3O/c1-14-23-11-12-25(14)19-8-3-2-5-15(19)13-24-20(26)10-9-16-17(21)6-4-7-18(16)22/h2-8,11-12H,9-10,13H2,1H3,(H,24,26). The lowest BCUT2D eigenvalue weighted by molar-refractivity contribution is -0.121. The first kappa shape index (κ1) is 18.5. The molecule has 0 saturated heterocycles. The molecular formula is C20H19Cl2N3O. The molecule has 134 valence electrons. The highest BCUT2D eigenvalue weighted by molar-refractivity contribution is 6.36. The number of aryl methyl sites for hydroxylation is 1. The number of hydrogen-bond acceptors (Lipinski definition) is 2. The number of halogens is 2. The van der Waals surface area contributed by atoms with Crippen molar-refractivity contribution in [2.75, 3.05) is 0 Å². The van der Waals surface area contributed by atoms with E-state index in [9.17, 15) is 4.79 Å². The summed E-state index contributed by atoms with van der Waals surface area (Å²) in [6.07, 6.45) is 4.51.